The number of benzene rings is 1. The number of nitro groups is 1. The van der Waals surface area contributed by atoms with E-state index in [1.807, 2.05) is 5.32 Å². The third-order valence-electron chi connectivity index (χ3n) is 2.34. The highest BCUT2D eigenvalue weighted by molar-refractivity contribution is 6.02. The average Bonchev–Trinajstić information content (AvgIpc) is 2.35. The van der Waals surface area contributed by atoms with E-state index in [-0.39, 0.29) is 0 Å². The summed E-state index contributed by atoms with van der Waals surface area (Å²) in [4.78, 5) is 33.5. The summed E-state index contributed by atoms with van der Waals surface area (Å²) < 4.78 is 23.1. The van der Waals surface area contributed by atoms with E-state index in [1.165, 1.54) is 0 Å². The van der Waals surface area contributed by atoms with E-state index < -0.39 is 45.3 Å². The fourth-order valence-corrected chi connectivity index (χ4v) is 1.55. The normalized spacial score (nSPS) is 10.8. The largest absolute Gasteiger partial charge is 0.465 e. The zero-order valence-electron chi connectivity index (χ0n) is 12.4. The first-order valence-electron chi connectivity index (χ1n) is 6.12. The topological polar surface area (TPSA) is 108 Å². The molecule has 1 N–H and O–H groups in total. The molecule has 0 unspecified atom stereocenters. The molecule has 0 aliphatic heterocycles. The molecule has 0 aliphatic rings. The van der Waals surface area contributed by atoms with Gasteiger partial charge in [-0.25, -0.2) is 14.0 Å². The Labute approximate surface area is 125 Å². The maximum absolute atomic E-state index is 13.8. The minimum Gasteiger partial charge on any atom is -0.465 e. The molecular formula is C13H15FN2O6. The van der Waals surface area contributed by atoms with Crippen LogP contribution in [-0.2, 0) is 9.47 Å². The number of rotatable bonds is 3. The maximum Gasteiger partial charge on any atom is 0.412 e. The Kier molecular flexibility index (Phi) is 5.02. The number of hydrogen-bond donors (Lipinski definition) is 1. The molecule has 0 aromatic heterocycles. The van der Waals surface area contributed by atoms with Gasteiger partial charge in [-0.1, -0.05) is 0 Å². The monoisotopic (exact) mass is 314 g/mol. The highest BCUT2D eigenvalue weighted by Crippen LogP contribution is 2.31. The molecule has 0 atom stereocenters. The predicted octanol–water partition coefficient (Wildman–Crippen LogP) is 2.87. The molecular weight excluding hydrogens is 299 g/mol. The summed E-state index contributed by atoms with van der Waals surface area (Å²) in [6.07, 6.45) is -1.06. The summed E-state index contributed by atoms with van der Waals surface area (Å²) in [5.41, 5.74) is -2.90. The molecule has 9 heteroatoms. The van der Waals surface area contributed by atoms with Gasteiger partial charge in [-0.2, -0.15) is 0 Å². The van der Waals surface area contributed by atoms with Crippen molar-refractivity contribution in [1.29, 1.82) is 0 Å². The van der Waals surface area contributed by atoms with Crippen molar-refractivity contribution in [1.82, 2.24) is 0 Å². The summed E-state index contributed by atoms with van der Waals surface area (Å²) in [5, 5.41) is 13.0. The summed E-state index contributed by atoms with van der Waals surface area (Å²) in [7, 11) is 0.984. The smallest absolute Gasteiger partial charge is 0.412 e. The number of nitro benzene ring substituents is 1. The number of ether oxygens (including phenoxy) is 2. The van der Waals surface area contributed by atoms with Gasteiger partial charge in [0.15, 0.2) is 0 Å². The number of carbonyl (C=O) groups excluding carboxylic acids is 2. The van der Waals surface area contributed by atoms with Crippen molar-refractivity contribution >= 4 is 23.4 Å². The van der Waals surface area contributed by atoms with Crippen molar-refractivity contribution in [2.75, 3.05) is 12.4 Å². The predicted molar refractivity (Wildman–Crippen MR) is 74.3 cm³/mol. The van der Waals surface area contributed by atoms with Crippen LogP contribution in [0, 0.1) is 15.9 Å². The second-order valence-corrected chi connectivity index (χ2v) is 5.19. The standard InChI is InChI=1S/C13H15FN2O6/c1-13(2,3)22-12(18)15-10-8(16(19)20)6-5-7(14)9(10)11(17)21-4/h5-6H,1-4H3,(H,15,18). The lowest BCUT2D eigenvalue weighted by molar-refractivity contribution is -0.384. The Morgan fingerprint density at radius 3 is 2.36 bits per heavy atom. The number of anilines is 1. The van der Waals surface area contributed by atoms with Crippen molar-refractivity contribution in [2.24, 2.45) is 0 Å². The van der Waals surface area contributed by atoms with E-state index in [9.17, 15) is 24.1 Å². The van der Waals surface area contributed by atoms with Gasteiger partial charge in [-0.05, 0) is 26.8 Å². The number of hydrogen-bond acceptors (Lipinski definition) is 6. The Morgan fingerprint density at radius 1 is 1.32 bits per heavy atom. The first-order chi connectivity index (χ1) is 10.1. The van der Waals surface area contributed by atoms with Crippen LogP contribution in [0.25, 0.3) is 0 Å². The van der Waals surface area contributed by atoms with Gasteiger partial charge >= 0.3 is 12.1 Å². The molecule has 22 heavy (non-hydrogen) atoms. The Morgan fingerprint density at radius 2 is 1.91 bits per heavy atom. The van der Waals surface area contributed by atoms with E-state index in [0.717, 1.165) is 19.2 Å². The lowest BCUT2D eigenvalue weighted by Crippen LogP contribution is -2.28. The summed E-state index contributed by atoms with van der Waals surface area (Å²) in [5.74, 6) is -2.23. The van der Waals surface area contributed by atoms with Crippen LogP contribution in [-0.4, -0.2) is 29.7 Å². The van der Waals surface area contributed by atoms with Crippen LogP contribution in [0.15, 0.2) is 12.1 Å². The molecule has 0 aliphatic carbocycles. The molecule has 1 aromatic rings. The minimum atomic E-state index is -1.16. The first-order valence-corrected chi connectivity index (χ1v) is 6.12. The van der Waals surface area contributed by atoms with Crippen molar-refractivity contribution in [3.63, 3.8) is 0 Å². The van der Waals surface area contributed by atoms with Crippen LogP contribution in [0.2, 0.25) is 0 Å². The Hall–Kier alpha value is -2.71. The van der Waals surface area contributed by atoms with Crippen LogP contribution in [0.4, 0.5) is 20.6 Å². The van der Waals surface area contributed by atoms with Gasteiger partial charge in [0, 0.05) is 6.07 Å². The van der Waals surface area contributed by atoms with Crippen LogP contribution in [0.5, 0.6) is 0 Å². The molecule has 0 heterocycles. The molecule has 0 saturated carbocycles. The number of nitrogens with one attached hydrogen (secondary N) is 1. The molecule has 1 aromatic carbocycles. The molecule has 0 saturated heterocycles. The van der Waals surface area contributed by atoms with Crippen molar-refractivity contribution in [3.05, 3.63) is 33.6 Å². The van der Waals surface area contributed by atoms with Crippen LogP contribution in [0.3, 0.4) is 0 Å². The molecule has 0 bridgehead atoms. The molecule has 0 spiro atoms. The summed E-state index contributed by atoms with van der Waals surface area (Å²) >= 11 is 0. The van der Waals surface area contributed by atoms with Gasteiger partial charge in [-0.3, -0.25) is 15.4 Å². The van der Waals surface area contributed by atoms with E-state index in [2.05, 4.69) is 4.74 Å². The van der Waals surface area contributed by atoms with E-state index in [0.29, 0.717) is 0 Å². The summed E-state index contributed by atoms with van der Waals surface area (Å²) in [6, 6.07) is 1.57. The zero-order valence-corrected chi connectivity index (χ0v) is 12.4. The molecule has 1 rings (SSSR count). The fraction of sp³-hybridized carbons (Fsp3) is 0.385. The number of amides is 1. The molecule has 120 valence electrons. The molecule has 1 amide bonds. The average molecular weight is 314 g/mol. The van der Waals surface area contributed by atoms with Gasteiger partial charge < -0.3 is 9.47 Å². The minimum absolute atomic E-state index is 0.619. The lowest BCUT2D eigenvalue weighted by Gasteiger charge is -2.20. The van der Waals surface area contributed by atoms with E-state index >= 15 is 0 Å². The SMILES string of the molecule is COC(=O)c1c(F)ccc([N+](=O)[O-])c1NC(=O)OC(C)(C)C. The quantitative estimate of drug-likeness (QED) is 0.522. The maximum atomic E-state index is 13.8. The first kappa shape index (κ1) is 17.3. The van der Waals surface area contributed by atoms with Crippen molar-refractivity contribution in [2.45, 2.75) is 26.4 Å². The molecule has 8 nitrogen and oxygen atoms in total. The summed E-state index contributed by atoms with van der Waals surface area (Å²) in [6.45, 7) is 4.73. The highest BCUT2D eigenvalue weighted by atomic mass is 19.1. The lowest BCUT2D eigenvalue weighted by atomic mass is 10.1. The number of nitrogens with zero attached hydrogens (tertiary/aromatic N) is 1. The molecule has 0 radical (unpaired) electrons. The van der Waals surface area contributed by atoms with E-state index in [1.54, 1.807) is 20.8 Å². The number of halogens is 1. The third-order valence-corrected chi connectivity index (χ3v) is 2.34. The van der Waals surface area contributed by atoms with Gasteiger partial charge in [0.1, 0.15) is 22.7 Å². The highest BCUT2D eigenvalue weighted by Gasteiger charge is 2.29. The Bertz CT molecular complexity index is 624. The Balaban J connectivity index is 3.35. The van der Waals surface area contributed by atoms with Gasteiger partial charge in [-0.15, -0.1) is 0 Å². The zero-order chi connectivity index (χ0) is 17.1. The van der Waals surface area contributed by atoms with E-state index in [4.69, 9.17) is 4.74 Å². The van der Waals surface area contributed by atoms with Crippen molar-refractivity contribution < 1.29 is 28.4 Å². The van der Waals surface area contributed by atoms with Crippen LogP contribution < -0.4 is 5.32 Å². The van der Waals surface area contributed by atoms with Crippen molar-refractivity contribution in [3.8, 4) is 0 Å². The van der Waals surface area contributed by atoms with Crippen LogP contribution in [0.1, 0.15) is 31.1 Å². The third kappa shape index (κ3) is 4.14. The second kappa shape index (κ2) is 6.37. The number of carbonyl (C=O) groups is 2. The number of methoxy groups -OCH3 is 1. The number of esters is 1. The van der Waals surface area contributed by atoms with Crippen LogP contribution >= 0.6 is 0 Å². The van der Waals surface area contributed by atoms with Gasteiger partial charge in [0.25, 0.3) is 5.69 Å². The van der Waals surface area contributed by atoms with Gasteiger partial charge in [0.2, 0.25) is 0 Å². The molecule has 0 fully saturated rings. The second-order valence-electron chi connectivity index (χ2n) is 5.19. The fourth-order valence-electron chi connectivity index (χ4n) is 1.55. The van der Waals surface area contributed by atoms with Gasteiger partial charge in [0.05, 0.1) is 12.0 Å².